The van der Waals surface area contributed by atoms with Gasteiger partial charge in [0, 0.05) is 17.7 Å². The molecule has 108 valence electrons. The van der Waals surface area contributed by atoms with Crippen molar-refractivity contribution in [2.45, 2.75) is 25.8 Å². The Morgan fingerprint density at radius 1 is 1.40 bits per heavy atom. The number of rotatable bonds is 6. The minimum Gasteiger partial charge on any atom is -0.308 e. The zero-order valence-electron chi connectivity index (χ0n) is 11.7. The van der Waals surface area contributed by atoms with Gasteiger partial charge < -0.3 is 5.32 Å². The highest BCUT2D eigenvalue weighted by Crippen LogP contribution is 2.22. The highest BCUT2D eigenvalue weighted by molar-refractivity contribution is 9.10. The van der Waals surface area contributed by atoms with Crippen LogP contribution in [-0.2, 0) is 13.5 Å². The quantitative estimate of drug-likeness (QED) is 0.871. The van der Waals surface area contributed by atoms with Gasteiger partial charge in [-0.1, -0.05) is 22.9 Å². The number of halogens is 2. The molecule has 1 N–H and O–H groups in total. The molecule has 1 aromatic heterocycles. The van der Waals surface area contributed by atoms with Crippen LogP contribution in [0.2, 0.25) is 0 Å². The summed E-state index contributed by atoms with van der Waals surface area (Å²) in [6.45, 7) is 3.01. The van der Waals surface area contributed by atoms with Crippen LogP contribution < -0.4 is 5.32 Å². The minimum absolute atomic E-state index is 0.0613. The Balaban J connectivity index is 2.23. The standard InChI is InChI=1S/C15H19BrFN3/c1-3-7-18-14(15-6-8-19-20(15)2)10-11-9-12(16)4-5-13(11)17/h4-6,8-9,14,18H,3,7,10H2,1-2H3. The molecule has 1 unspecified atom stereocenters. The predicted molar refractivity (Wildman–Crippen MR) is 82.0 cm³/mol. The summed E-state index contributed by atoms with van der Waals surface area (Å²) in [5.74, 6) is -0.168. The summed E-state index contributed by atoms with van der Waals surface area (Å²) in [7, 11) is 1.91. The van der Waals surface area contributed by atoms with Gasteiger partial charge in [-0.25, -0.2) is 4.39 Å². The maximum absolute atomic E-state index is 13.9. The van der Waals surface area contributed by atoms with E-state index in [-0.39, 0.29) is 11.9 Å². The molecule has 0 aliphatic carbocycles. The molecule has 0 fully saturated rings. The van der Waals surface area contributed by atoms with E-state index in [1.165, 1.54) is 6.07 Å². The van der Waals surface area contributed by atoms with Gasteiger partial charge in [0.25, 0.3) is 0 Å². The van der Waals surface area contributed by atoms with Crippen molar-refractivity contribution in [2.75, 3.05) is 6.54 Å². The Morgan fingerprint density at radius 2 is 2.20 bits per heavy atom. The van der Waals surface area contributed by atoms with Gasteiger partial charge in [0.05, 0.1) is 11.7 Å². The Bertz CT molecular complexity index is 568. The molecule has 1 aromatic carbocycles. The van der Waals surface area contributed by atoms with Crippen molar-refractivity contribution in [1.29, 1.82) is 0 Å². The van der Waals surface area contributed by atoms with Crippen molar-refractivity contribution >= 4 is 15.9 Å². The second-order valence-corrected chi connectivity index (χ2v) is 5.74. The van der Waals surface area contributed by atoms with E-state index < -0.39 is 0 Å². The van der Waals surface area contributed by atoms with Crippen LogP contribution in [0, 0.1) is 5.82 Å². The first-order chi connectivity index (χ1) is 9.61. The first-order valence-electron chi connectivity index (χ1n) is 6.77. The summed E-state index contributed by atoms with van der Waals surface area (Å²) in [5.41, 5.74) is 1.77. The van der Waals surface area contributed by atoms with Crippen molar-refractivity contribution in [1.82, 2.24) is 15.1 Å². The van der Waals surface area contributed by atoms with E-state index in [4.69, 9.17) is 0 Å². The second kappa shape index (κ2) is 6.99. The normalized spacial score (nSPS) is 12.6. The molecule has 0 saturated heterocycles. The fourth-order valence-corrected chi connectivity index (χ4v) is 2.65. The molecule has 0 aliphatic rings. The SMILES string of the molecule is CCCNC(Cc1cc(Br)ccc1F)c1ccnn1C. The molecule has 0 bridgehead atoms. The molecule has 2 aromatic rings. The van der Waals surface area contributed by atoms with Crippen molar-refractivity contribution in [2.24, 2.45) is 7.05 Å². The van der Waals surface area contributed by atoms with Gasteiger partial charge in [-0.3, -0.25) is 4.68 Å². The van der Waals surface area contributed by atoms with Crippen LogP contribution >= 0.6 is 15.9 Å². The van der Waals surface area contributed by atoms with Crippen LogP contribution in [0.1, 0.15) is 30.6 Å². The van der Waals surface area contributed by atoms with E-state index >= 15 is 0 Å². The molecule has 0 aliphatic heterocycles. The van der Waals surface area contributed by atoms with E-state index in [9.17, 15) is 4.39 Å². The Labute approximate surface area is 127 Å². The van der Waals surface area contributed by atoms with Crippen LogP contribution in [0.3, 0.4) is 0 Å². The Morgan fingerprint density at radius 3 is 2.85 bits per heavy atom. The van der Waals surface area contributed by atoms with E-state index in [1.54, 1.807) is 12.3 Å². The van der Waals surface area contributed by atoms with Gasteiger partial charge in [-0.2, -0.15) is 5.10 Å². The number of nitrogens with one attached hydrogen (secondary N) is 1. The Hall–Kier alpha value is -1.20. The lowest BCUT2D eigenvalue weighted by atomic mass is 10.0. The predicted octanol–water partition coefficient (Wildman–Crippen LogP) is 3.61. The van der Waals surface area contributed by atoms with E-state index in [1.807, 2.05) is 23.9 Å². The summed E-state index contributed by atoms with van der Waals surface area (Å²) in [4.78, 5) is 0. The largest absolute Gasteiger partial charge is 0.308 e. The average Bonchev–Trinajstić information content (AvgIpc) is 2.84. The highest BCUT2D eigenvalue weighted by Gasteiger charge is 2.17. The average molecular weight is 340 g/mol. The van der Waals surface area contributed by atoms with Crippen LogP contribution in [0.25, 0.3) is 0 Å². The van der Waals surface area contributed by atoms with Crippen LogP contribution in [-0.4, -0.2) is 16.3 Å². The third-order valence-corrected chi connectivity index (χ3v) is 3.78. The van der Waals surface area contributed by atoms with Crippen molar-refractivity contribution in [3.05, 3.63) is 52.0 Å². The van der Waals surface area contributed by atoms with Gasteiger partial charge in [0.15, 0.2) is 0 Å². The summed E-state index contributed by atoms with van der Waals surface area (Å²) >= 11 is 3.40. The topological polar surface area (TPSA) is 29.9 Å². The van der Waals surface area contributed by atoms with Gasteiger partial charge >= 0.3 is 0 Å². The maximum Gasteiger partial charge on any atom is 0.126 e. The lowest BCUT2D eigenvalue weighted by Gasteiger charge is -2.19. The fourth-order valence-electron chi connectivity index (χ4n) is 2.25. The molecule has 1 heterocycles. The molecular weight excluding hydrogens is 321 g/mol. The molecule has 0 radical (unpaired) electrons. The maximum atomic E-state index is 13.9. The smallest absolute Gasteiger partial charge is 0.126 e. The van der Waals surface area contributed by atoms with Crippen LogP contribution in [0.4, 0.5) is 4.39 Å². The lowest BCUT2D eigenvalue weighted by Crippen LogP contribution is -2.26. The van der Waals surface area contributed by atoms with Crippen molar-refractivity contribution < 1.29 is 4.39 Å². The molecule has 1 atom stereocenters. The van der Waals surface area contributed by atoms with Crippen LogP contribution in [0.15, 0.2) is 34.9 Å². The molecule has 0 amide bonds. The first kappa shape index (κ1) is 15.2. The van der Waals surface area contributed by atoms with E-state index in [2.05, 4.69) is 33.3 Å². The molecule has 20 heavy (non-hydrogen) atoms. The summed E-state index contributed by atoms with van der Waals surface area (Å²) in [6.07, 6.45) is 3.41. The number of nitrogens with zero attached hydrogens (tertiary/aromatic N) is 2. The molecule has 0 saturated carbocycles. The van der Waals surface area contributed by atoms with E-state index in [0.29, 0.717) is 12.0 Å². The molecule has 2 rings (SSSR count). The lowest BCUT2D eigenvalue weighted by molar-refractivity contribution is 0.482. The zero-order valence-corrected chi connectivity index (χ0v) is 13.3. The molecular formula is C15H19BrFN3. The number of aryl methyl sites for hydroxylation is 1. The molecule has 5 heteroatoms. The minimum atomic E-state index is -0.168. The van der Waals surface area contributed by atoms with Gasteiger partial charge in [-0.05, 0) is 49.2 Å². The summed E-state index contributed by atoms with van der Waals surface area (Å²) < 4.78 is 16.7. The third kappa shape index (κ3) is 3.67. The summed E-state index contributed by atoms with van der Waals surface area (Å²) in [6, 6.07) is 7.10. The van der Waals surface area contributed by atoms with E-state index in [0.717, 1.165) is 23.1 Å². The third-order valence-electron chi connectivity index (χ3n) is 3.29. The Kier molecular flexibility index (Phi) is 5.31. The fraction of sp³-hybridized carbons (Fsp3) is 0.400. The number of hydrogen-bond acceptors (Lipinski definition) is 2. The number of hydrogen-bond donors (Lipinski definition) is 1. The first-order valence-corrected chi connectivity index (χ1v) is 7.56. The highest BCUT2D eigenvalue weighted by atomic mass is 79.9. The van der Waals surface area contributed by atoms with Gasteiger partial charge in [-0.15, -0.1) is 0 Å². The van der Waals surface area contributed by atoms with Gasteiger partial charge in [0.2, 0.25) is 0 Å². The summed E-state index contributed by atoms with van der Waals surface area (Å²) in [5, 5.41) is 7.67. The second-order valence-electron chi connectivity index (χ2n) is 4.83. The van der Waals surface area contributed by atoms with Crippen LogP contribution in [0.5, 0.6) is 0 Å². The van der Waals surface area contributed by atoms with Crippen molar-refractivity contribution in [3.8, 4) is 0 Å². The monoisotopic (exact) mass is 339 g/mol. The number of aromatic nitrogens is 2. The molecule has 0 spiro atoms. The van der Waals surface area contributed by atoms with Gasteiger partial charge in [0.1, 0.15) is 5.82 Å². The molecule has 3 nitrogen and oxygen atoms in total. The number of benzene rings is 1. The van der Waals surface area contributed by atoms with Crippen molar-refractivity contribution in [3.63, 3.8) is 0 Å². The zero-order chi connectivity index (χ0) is 14.5.